The number of rotatable bonds is 4. The van der Waals surface area contributed by atoms with Gasteiger partial charge in [-0.2, -0.15) is 0 Å². The molecule has 0 spiro atoms. The Morgan fingerprint density at radius 2 is 2.22 bits per heavy atom. The Balaban J connectivity index is 0.00000162. The van der Waals surface area contributed by atoms with Crippen molar-refractivity contribution < 1.29 is 4.79 Å². The van der Waals surface area contributed by atoms with Crippen LogP contribution in [0.4, 0.5) is 0 Å². The van der Waals surface area contributed by atoms with Crippen LogP contribution < -0.4 is 11.1 Å². The summed E-state index contributed by atoms with van der Waals surface area (Å²) in [6.07, 6.45) is 5.67. The summed E-state index contributed by atoms with van der Waals surface area (Å²) in [6, 6.07) is -0.431. The topological polar surface area (TPSA) is 68.0 Å². The van der Waals surface area contributed by atoms with Crippen molar-refractivity contribution in [3.8, 4) is 0 Å². The quantitative estimate of drug-likeness (QED) is 0.881. The third-order valence-corrected chi connectivity index (χ3v) is 4.16. The van der Waals surface area contributed by atoms with Crippen molar-refractivity contribution in [2.75, 3.05) is 6.54 Å². The predicted molar refractivity (Wildman–Crippen MR) is 76.4 cm³/mol. The summed E-state index contributed by atoms with van der Waals surface area (Å²) in [5.74, 6) is -0.0914. The first kappa shape index (κ1) is 15.4. The first-order chi connectivity index (χ1) is 8.16. The van der Waals surface area contributed by atoms with Crippen molar-refractivity contribution in [3.63, 3.8) is 0 Å². The molecular weight excluding hydrogens is 270 g/mol. The average molecular weight is 290 g/mol. The standard InChI is InChI=1S/C12H19N3OS.ClH/c1-8(13)12(16)14-7-6-11-15-9-4-2-3-5-10(9)17-11;/h8H,2-7,13H2,1H3,(H,14,16);1H/t8-;/m1./s1. The highest BCUT2D eigenvalue weighted by atomic mass is 35.5. The zero-order valence-corrected chi connectivity index (χ0v) is 12.2. The third-order valence-electron chi connectivity index (χ3n) is 2.94. The van der Waals surface area contributed by atoms with Crippen molar-refractivity contribution in [2.24, 2.45) is 5.73 Å². The van der Waals surface area contributed by atoms with Crippen LogP contribution in [0.2, 0.25) is 0 Å². The Morgan fingerprint density at radius 1 is 1.50 bits per heavy atom. The van der Waals surface area contributed by atoms with Gasteiger partial charge in [-0.1, -0.05) is 0 Å². The van der Waals surface area contributed by atoms with Gasteiger partial charge in [0.25, 0.3) is 0 Å². The first-order valence-electron chi connectivity index (χ1n) is 6.17. The molecule has 0 aromatic carbocycles. The SMILES string of the molecule is C[C@@H](N)C(=O)NCCc1nc2c(s1)CCCC2.Cl. The number of carbonyl (C=O) groups excluding carboxylic acids is 1. The Morgan fingerprint density at radius 3 is 2.89 bits per heavy atom. The third kappa shape index (κ3) is 3.93. The zero-order chi connectivity index (χ0) is 12.3. The van der Waals surface area contributed by atoms with Gasteiger partial charge in [0.1, 0.15) is 0 Å². The van der Waals surface area contributed by atoms with E-state index in [1.807, 2.05) is 0 Å². The van der Waals surface area contributed by atoms with E-state index >= 15 is 0 Å². The van der Waals surface area contributed by atoms with Crippen LogP contribution in [0.3, 0.4) is 0 Å². The lowest BCUT2D eigenvalue weighted by Gasteiger charge is -2.06. The van der Waals surface area contributed by atoms with E-state index in [0.717, 1.165) is 17.8 Å². The maximum atomic E-state index is 11.3. The van der Waals surface area contributed by atoms with Gasteiger partial charge < -0.3 is 11.1 Å². The molecule has 0 saturated carbocycles. The van der Waals surface area contributed by atoms with E-state index in [1.54, 1.807) is 18.3 Å². The summed E-state index contributed by atoms with van der Waals surface area (Å²) in [4.78, 5) is 17.4. The van der Waals surface area contributed by atoms with Gasteiger partial charge in [-0.3, -0.25) is 4.79 Å². The molecule has 18 heavy (non-hydrogen) atoms. The van der Waals surface area contributed by atoms with Crippen LogP contribution in [-0.2, 0) is 24.1 Å². The fourth-order valence-electron chi connectivity index (χ4n) is 1.97. The number of carbonyl (C=O) groups is 1. The van der Waals surface area contributed by atoms with Gasteiger partial charge in [-0.05, 0) is 32.6 Å². The fraction of sp³-hybridized carbons (Fsp3) is 0.667. The van der Waals surface area contributed by atoms with Gasteiger partial charge in [0.2, 0.25) is 5.91 Å². The number of nitrogens with one attached hydrogen (secondary N) is 1. The minimum Gasteiger partial charge on any atom is -0.354 e. The lowest BCUT2D eigenvalue weighted by molar-refractivity contribution is -0.121. The van der Waals surface area contributed by atoms with Gasteiger partial charge >= 0.3 is 0 Å². The molecule has 6 heteroatoms. The highest BCUT2D eigenvalue weighted by molar-refractivity contribution is 7.11. The molecule has 1 aromatic heterocycles. The molecule has 1 heterocycles. The molecule has 1 aliphatic carbocycles. The molecule has 0 unspecified atom stereocenters. The minimum atomic E-state index is -0.431. The molecule has 0 fully saturated rings. The molecule has 3 N–H and O–H groups in total. The summed E-state index contributed by atoms with van der Waals surface area (Å²) >= 11 is 1.80. The lowest BCUT2D eigenvalue weighted by Crippen LogP contribution is -2.39. The maximum Gasteiger partial charge on any atom is 0.236 e. The largest absolute Gasteiger partial charge is 0.354 e. The van der Waals surface area contributed by atoms with E-state index in [9.17, 15) is 4.79 Å². The minimum absolute atomic E-state index is 0. The zero-order valence-electron chi connectivity index (χ0n) is 10.6. The van der Waals surface area contributed by atoms with Crippen LogP contribution in [0.15, 0.2) is 0 Å². The Hall–Kier alpha value is -0.650. The molecule has 1 amide bonds. The number of hydrogen-bond acceptors (Lipinski definition) is 4. The average Bonchev–Trinajstić information content (AvgIpc) is 2.71. The van der Waals surface area contributed by atoms with Crippen LogP contribution in [0.25, 0.3) is 0 Å². The highest BCUT2D eigenvalue weighted by Gasteiger charge is 2.15. The Labute approximate surface area is 118 Å². The molecule has 4 nitrogen and oxygen atoms in total. The van der Waals surface area contributed by atoms with E-state index in [4.69, 9.17) is 5.73 Å². The van der Waals surface area contributed by atoms with Gasteiger partial charge in [-0.25, -0.2) is 4.98 Å². The summed E-state index contributed by atoms with van der Waals surface area (Å²) in [5, 5.41) is 3.95. The monoisotopic (exact) mass is 289 g/mol. The number of thiazole rings is 1. The number of nitrogens with zero attached hydrogens (tertiary/aromatic N) is 1. The van der Waals surface area contributed by atoms with Gasteiger partial charge in [-0.15, -0.1) is 23.7 Å². The lowest BCUT2D eigenvalue weighted by atomic mass is 10.0. The fourth-order valence-corrected chi connectivity index (χ4v) is 3.12. The molecule has 1 atom stereocenters. The van der Waals surface area contributed by atoms with E-state index in [1.165, 1.54) is 29.8 Å². The Bertz CT molecular complexity index is 383. The predicted octanol–water partition coefficient (Wildman–Crippen LogP) is 1.45. The second kappa shape index (κ2) is 7.07. The van der Waals surface area contributed by atoms with Gasteiger partial charge in [0, 0.05) is 17.8 Å². The van der Waals surface area contributed by atoms with Crippen LogP contribution in [-0.4, -0.2) is 23.5 Å². The Kier molecular flexibility index (Phi) is 6.05. The molecule has 1 aliphatic rings. The number of aromatic nitrogens is 1. The molecule has 0 aliphatic heterocycles. The van der Waals surface area contributed by atoms with Crippen molar-refractivity contribution in [1.29, 1.82) is 0 Å². The van der Waals surface area contributed by atoms with Crippen molar-refractivity contribution in [3.05, 3.63) is 15.6 Å². The number of aryl methyl sites for hydroxylation is 2. The van der Waals surface area contributed by atoms with E-state index in [0.29, 0.717) is 6.54 Å². The smallest absolute Gasteiger partial charge is 0.236 e. The maximum absolute atomic E-state index is 11.3. The van der Waals surface area contributed by atoms with Crippen molar-refractivity contribution >= 4 is 29.7 Å². The first-order valence-corrected chi connectivity index (χ1v) is 6.99. The summed E-state index contributed by atoms with van der Waals surface area (Å²) in [7, 11) is 0. The highest BCUT2D eigenvalue weighted by Crippen LogP contribution is 2.26. The summed E-state index contributed by atoms with van der Waals surface area (Å²) < 4.78 is 0. The number of nitrogens with two attached hydrogens (primary N) is 1. The molecule has 2 rings (SSSR count). The number of halogens is 1. The van der Waals surface area contributed by atoms with Crippen LogP contribution in [0.1, 0.15) is 35.3 Å². The molecular formula is C12H20ClN3OS. The molecule has 0 saturated heterocycles. The molecule has 1 aromatic rings. The van der Waals surface area contributed by atoms with E-state index < -0.39 is 6.04 Å². The van der Waals surface area contributed by atoms with Gasteiger partial charge in [0.05, 0.1) is 16.7 Å². The van der Waals surface area contributed by atoms with Crippen LogP contribution in [0, 0.1) is 0 Å². The van der Waals surface area contributed by atoms with E-state index in [2.05, 4.69) is 10.3 Å². The molecule has 0 radical (unpaired) electrons. The van der Waals surface area contributed by atoms with Gasteiger partial charge in [0.15, 0.2) is 0 Å². The summed E-state index contributed by atoms with van der Waals surface area (Å²) in [6.45, 7) is 2.32. The second-order valence-electron chi connectivity index (χ2n) is 4.51. The van der Waals surface area contributed by atoms with Crippen molar-refractivity contribution in [2.45, 2.75) is 45.1 Å². The summed E-state index contributed by atoms with van der Waals surface area (Å²) in [5.41, 5.74) is 6.76. The number of fused-ring (bicyclic) bond motifs is 1. The van der Waals surface area contributed by atoms with Crippen LogP contribution >= 0.6 is 23.7 Å². The van der Waals surface area contributed by atoms with E-state index in [-0.39, 0.29) is 18.3 Å². The number of amides is 1. The van der Waals surface area contributed by atoms with Crippen LogP contribution in [0.5, 0.6) is 0 Å². The van der Waals surface area contributed by atoms with Crippen molar-refractivity contribution in [1.82, 2.24) is 10.3 Å². The molecule has 0 bridgehead atoms. The number of hydrogen-bond donors (Lipinski definition) is 2. The molecule has 102 valence electrons. The normalized spacial score (nSPS) is 15.4. The second-order valence-corrected chi connectivity index (χ2v) is 5.68.